The number of pyridine rings is 1. The maximum Gasteiger partial charge on any atom is 0.0462 e. The highest BCUT2D eigenvalue weighted by atomic mass is 14.7. The van der Waals surface area contributed by atoms with Crippen molar-refractivity contribution in [1.82, 2.24) is 4.98 Å². The lowest BCUT2D eigenvalue weighted by Gasteiger charge is -2.23. The molecule has 0 amide bonds. The van der Waals surface area contributed by atoms with Crippen LogP contribution in [0.25, 0.3) is 0 Å². The Hall–Kier alpha value is -0.890. The van der Waals surface area contributed by atoms with E-state index < -0.39 is 0 Å². The van der Waals surface area contributed by atoms with Crippen molar-refractivity contribution in [3.63, 3.8) is 0 Å². The molecule has 1 rings (SSSR count). The summed E-state index contributed by atoms with van der Waals surface area (Å²) < 4.78 is 0. The van der Waals surface area contributed by atoms with Crippen LogP contribution in [0.1, 0.15) is 31.5 Å². The van der Waals surface area contributed by atoms with Gasteiger partial charge >= 0.3 is 0 Å². The smallest absolute Gasteiger partial charge is 0.0462 e. The van der Waals surface area contributed by atoms with Gasteiger partial charge in [0.25, 0.3) is 0 Å². The molecule has 0 aliphatic rings. The molecule has 2 N–H and O–H groups in total. The zero-order chi connectivity index (χ0) is 9.90. The second kappa shape index (κ2) is 3.88. The van der Waals surface area contributed by atoms with Crippen LogP contribution in [0.15, 0.2) is 18.3 Å². The number of nitrogens with two attached hydrogens (primary N) is 1. The van der Waals surface area contributed by atoms with Crippen molar-refractivity contribution in [2.75, 3.05) is 6.54 Å². The molecule has 2 heteroatoms. The first-order valence-corrected chi connectivity index (χ1v) is 4.69. The molecule has 0 spiro atoms. The minimum absolute atomic E-state index is 0.0980. The van der Waals surface area contributed by atoms with Crippen LogP contribution < -0.4 is 5.73 Å². The van der Waals surface area contributed by atoms with Gasteiger partial charge in [-0.1, -0.05) is 13.8 Å². The molecule has 0 saturated heterocycles. The Bertz CT molecular complexity index is 279. The third-order valence-electron chi connectivity index (χ3n) is 2.38. The van der Waals surface area contributed by atoms with E-state index in [0.29, 0.717) is 6.54 Å². The van der Waals surface area contributed by atoms with E-state index >= 15 is 0 Å². The van der Waals surface area contributed by atoms with E-state index in [9.17, 15) is 0 Å². The van der Waals surface area contributed by atoms with E-state index in [-0.39, 0.29) is 5.41 Å². The number of hydrogen-bond donors (Lipinski definition) is 1. The van der Waals surface area contributed by atoms with Gasteiger partial charge in [0.2, 0.25) is 0 Å². The van der Waals surface area contributed by atoms with Crippen molar-refractivity contribution in [1.29, 1.82) is 0 Å². The van der Waals surface area contributed by atoms with E-state index in [1.165, 1.54) is 5.56 Å². The Kier molecular flexibility index (Phi) is 3.04. The second-order valence-corrected chi connectivity index (χ2v) is 4.14. The maximum absolute atomic E-state index is 5.56. The van der Waals surface area contributed by atoms with Gasteiger partial charge in [0.05, 0.1) is 0 Å². The molecular formula is C11H18N2. The summed E-state index contributed by atoms with van der Waals surface area (Å²) in [6, 6.07) is 4.15. The third kappa shape index (κ3) is 2.52. The molecule has 0 fully saturated rings. The summed E-state index contributed by atoms with van der Waals surface area (Å²) in [5, 5.41) is 0. The maximum atomic E-state index is 5.56. The fraction of sp³-hybridized carbons (Fsp3) is 0.545. The van der Waals surface area contributed by atoms with E-state index in [4.69, 9.17) is 5.73 Å². The summed E-state index contributed by atoms with van der Waals surface area (Å²) >= 11 is 0. The van der Waals surface area contributed by atoms with Crippen molar-refractivity contribution < 1.29 is 0 Å². The fourth-order valence-corrected chi connectivity index (χ4v) is 1.40. The van der Waals surface area contributed by atoms with Gasteiger partial charge in [0.1, 0.15) is 0 Å². The van der Waals surface area contributed by atoms with Crippen molar-refractivity contribution in [3.05, 3.63) is 29.6 Å². The first kappa shape index (κ1) is 10.2. The molecule has 0 saturated carbocycles. The van der Waals surface area contributed by atoms with Crippen LogP contribution in [-0.4, -0.2) is 11.5 Å². The van der Waals surface area contributed by atoms with E-state index in [2.05, 4.69) is 31.8 Å². The Morgan fingerprint density at radius 2 is 2.15 bits per heavy atom. The Morgan fingerprint density at radius 1 is 1.46 bits per heavy atom. The normalized spacial score (nSPS) is 11.7. The lowest BCUT2D eigenvalue weighted by atomic mass is 9.85. The van der Waals surface area contributed by atoms with Gasteiger partial charge < -0.3 is 5.73 Å². The van der Waals surface area contributed by atoms with Gasteiger partial charge in [-0.15, -0.1) is 0 Å². The molecule has 1 heterocycles. The summed E-state index contributed by atoms with van der Waals surface area (Å²) in [6.07, 6.45) is 2.84. The highest BCUT2D eigenvalue weighted by Gasteiger charge is 2.20. The molecule has 0 aliphatic carbocycles. The molecule has 0 unspecified atom stereocenters. The Balaban J connectivity index is 2.93. The lowest BCUT2D eigenvalue weighted by molar-refractivity contribution is 0.473. The highest BCUT2D eigenvalue weighted by molar-refractivity contribution is 5.20. The molecule has 1 aromatic rings. The quantitative estimate of drug-likeness (QED) is 0.769. The SMILES string of the molecule is Cc1ccnc(C(C)(C)CCN)c1. The van der Waals surface area contributed by atoms with Crippen molar-refractivity contribution >= 4 is 0 Å². The lowest BCUT2D eigenvalue weighted by Crippen LogP contribution is -2.23. The molecular weight excluding hydrogens is 160 g/mol. The summed E-state index contributed by atoms with van der Waals surface area (Å²) in [5.74, 6) is 0. The van der Waals surface area contributed by atoms with E-state index in [1.807, 2.05) is 12.3 Å². The average Bonchev–Trinajstić information content (AvgIpc) is 2.04. The summed E-state index contributed by atoms with van der Waals surface area (Å²) in [5.41, 5.74) is 8.06. The first-order chi connectivity index (χ1) is 6.06. The van der Waals surface area contributed by atoms with Crippen LogP contribution in [-0.2, 0) is 5.41 Å². The largest absolute Gasteiger partial charge is 0.330 e. The first-order valence-electron chi connectivity index (χ1n) is 4.69. The van der Waals surface area contributed by atoms with Crippen LogP contribution in [0.3, 0.4) is 0 Å². The molecule has 0 atom stereocenters. The molecule has 1 aromatic heterocycles. The molecule has 13 heavy (non-hydrogen) atoms. The van der Waals surface area contributed by atoms with Crippen LogP contribution in [0, 0.1) is 6.92 Å². The van der Waals surface area contributed by atoms with Crippen molar-refractivity contribution in [3.8, 4) is 0 Å². The van der Waals surface area contributed by atoms with Gasteiger partial charge in [-0.3, -0.25) is 4.98 Å². The monoisotopic (exact) mass is 178 g/mol. The minimum atomic E-state index is 0.0980. The Morgan fingerprint density at radius 3 is 2.69 bits per heavy atom. The van der Waals surface area contributed by atoms with Gasteiger partial charge in [-0.25, -0.2) is 0 Å². The molecule has 0 bridgehead atoms. The highest BCUT2D eigenvalue weighted by Crippen LogP contribution is 2.24. The summed E-state index contributed by atoms with van der Waals surface area (Å²) in [7, 11) is 0. The molecule has 0 aliphatic heterocycles. The van der Waals surface area contributed by atoms with Crippen LogP contribution in [0.5, 0.6) is 0 Å². The zero-order valence-corrected chi connectivity index (χ0v) is 8.67. The van der Waals surface area contributed by atoms with Gasteiger partial charge in [-0.05, 0) is 37.6 Å². The topological polar surface area (TPSA) is 38.9 Å². The number of nitrogens with zero attached hydrogens (tertiary/aromatic N) is 1. The zero-order valence-electron chi connectivity index (χ0n) is 8.67. The van der Waals surface area contributed by atoms with Gasteiger partial charge in [0.15, 0.2) is 0 Å². The fourth-order valence-electron chi connectivity index (χ4n) is 1.40. The number of hydrogen-bond acceptors (Lipinski definition) is 2. The number of rotatable bonds is 3. The second-order valence-electron chi connectivity index (χ2n) is 4.14. The summed E-state index contributed by atoms with van der Waals surface area (Å²) in [6.45, 7) is 7.16. The minimum Gasteiger partial charge on any atom is -0.330 e. The third-order valence-corrected chi connectivity index (χ3v) is 2.38. The van der Waals surface area contributed by atoms with Gasteiger partial charge in [0, 0.05) is 17.3 Å². The molecule has 0 radical (unpaired) electrons. The molecule has 0 aromatic carbocycles. The van der Waals surface area contributed by atoms with Crippen LogP contribution >= 0.6 is 0 Å². The van der Waals surface area contributed by atoms with Crippen molar-refractivity contribution in [2.24, 2.45) is 5.73 Å². The Labute approximate surface area is 80.2 Å². The molecule has 2 nitrogen and oxygen atoms in total. The van der Waals surface area contributed by atoms with E-state index in [1.54, 1.807) is 0 Å². The van der Waals surface area contributed by atoms with Crippen LogP contribution in [0.4, 0.5) is 0 Å². The van der Waals surface area contributed by atoms with Gasteiger partial charge in [-0.2, -0.15) is 0 Å². The average molecular weight is 178 g/mol. The van der Waals surface area contributed by atoms with Crippen LogP contribution in [0.2, 0.25) is 0 Å². The summed E-state index contributed by atoms with van der Waals surface area (Å²) in [4.78, 5) is 4.37. The van der Waals surface area contributed by atoms with Crippen molar-refractivity contribution in [2.45, 2.75) is 32.6 Å². The number of aryl methyl sites for hydroxylation is 1. The predicted octanol–water partition coefficient (Wildman–Crippen LogP) is 2.02. The van der Waals surface area contributed by atoms with E-state index in [0.717, 1.165) is 12.1 Å². The number of aromatic nitrogens is 1. The predicted molar refractivity (Wildman–Crippen MR) is 55.7 cm³/mol. The standard InChI is InChI=1S/C11H18N2/c1-9-4-7-13-10(8-9)11(2,3)5-6-12/h4,7-8H,5-6,12H2,1-3H3. The molecule has 72 valence electrons.